The van der Waals surface area contributed by atoms with Crippen LogP contribution < -0.4 is 16.8 Å². The van der Waals surface area contributed by atoms with Gasteiger partial charge in [-0.1, -0.05) is 6.92 Å². The maximum Gasteiger partial charge on any atom is 0.250 e. The summed E-state index contributed by atoms with van der Waals surface area (Å²) < 4.78 is 0. The zero-order chi connectivity index (χ0) is 12.8. The van der Waals surface area contributed by atoms with Crippen LogP contribution >= 0.6 is 11.8 Å². The van der Waals surface area contributed by atoms with Crippen LogP contribution in [0.4, 0.5) is 11.4 Å². The maximum atomic E-state index is 11.3. The number of thioether (sulfide) groups is 1. The highest BCUT2D eigenvalue weighted by Crippen LogP contribution is 2.20. The fourth-order valence-electron chi connectivity index (χ4n) is 1.49. The minimum Gasteiger partial charge on any atom is -0.399 e. The van der Waals surface area contributed by atoms with E-state index in [0.717, 1.165) is 17.2 Å². The molecule has 1 rings (SSSR count). The van der Waals surface area contributed by atoms with Crippen LogP contribution in [0.3, 0.4) is 0 Å². The summed E-state index contributed by atoms with van der Waals surface area (Å²) in [6.45, 7) is 4.19. The van der Waals surface area contributed by atoms with Crippen molar-refractivity contribution >= 4 is 29.0 Å². The largest absolute Gasteiger partial charge is 0.399 e. The molecule has 0 saturated carbocycles. The molecule has 4 nitrogen and oxygen atoms in total. The van der Waals surface area contributed by atoms with Gasteiger partial charge < -0.3 is 16.8 Å². The number of hydrogen-bond acceptors (Lipinski definition) is 4. The molecule has 1 amide bonds. The van der Waals surface area contributed by atoms with Gasteiger partial charge in [0.15, 0.2) is 0 Å². The molecule has 1 unspecified atom stereocenters. The molecule has 0 heterocycles. The fraction of sp³-hybridized carbons (Fsp3) is 0.417. The summed E-state index contributed by atoms with van der Waals surface area (Å²) in [5.41, 5.74) is 12.7. The molecule has 94 valence electrons. The Bertz CT molecular complexity index is 395. The van der Waals surface area contributed by atoms with Gasteiger partial charge in [-0.15, -0.1) is 0 Å². The molecule has 0 aliphatic carbocycles. The summed E-state index contributed by atoms with van der Waals surface area (Å²) in [4.78, 5) is 11.3. The predicted molar refractivity (Wildman–Crippen MR) is 75.5 cm³/mol. The number of nitrogen functional groups attached to an aromatic ring is 1. The van der Waals surface area contributed by atoms with Gasteiger partial charge in [0.2, 0.25) is 0 Å². The van der Waals surface area contributed by atoms with Crippen LogP contribution in [0.15, 0.2) is 18.2 Å². The molecule has 1 atom stereocenters. The highest BCUT2D eigenvalue weighted by molar-refractivity contribution is 7.99. The van der Waals surface area contributed by atoms with Gasteiger partial charge >= 0.3 is 0 Å². The molecule has 1 aromatic rings. The Balaban J connectivity index is 2.79. The quantitative estimate of drug-likeness (QED) is 0.677. The van der Waals surface area contributed by atoms with Crippen molar-refractivity contribution in [3.8, 4) is 0 Å². The van der Waals surface area contributed by atoms with Gasteiger partial charge in [-0.05, 0) is 30.9 Å². The predicted octanol–water partition coefficient (Wildman–Crippen LogP) is 1.92. The van der Waals surface area contributed by atoms with Crippen LogP contribution in [0.2, 0.25) is 0 Å². The first-order chi connectivity index (χ1) is 8.04. The number of hydrogen-bond donors (Lipinski definition) is 3. The molecule has 0 radical (unpaired) electrons. The van der Waals surface area contributed by atoms with Crippen molar-refractivity contribution in [1.82, 2.24) is 0 Å². The molecule has 0 aliphatic rings. The number of nitrogens with one attached hydrogen (secondary N) is 1. The summed E-state index contributed by atoms with van der Waals surface area (Å²) in [5, 5.41) is 3.28. The van der Waals surface area contributed by atoms with E-state index in [-0.39, 0.29) is 6.04 Å². The zero-order valence-corrected chi connectivity index (χ0v) is 11.0. The summed E-state index contributed by atoms with van der Waals surface area (Å²) in [7, 11) is 0. The Hall–Kier alpha value is -1.36. The molecule has 0 bridgehead atoms. The number of benzene rings is 1. The third kappa shape index (κ3) is 4.19. The van der Waals surface area contributed by atoms with E-state index in [2.05, 4.69) is 19.2 Å². The normalized spacial score (nSPS) is 12.1. The Labute approximate surface area is 106 Å². The van der Waals surface area contributed by atoms with E-state index in [4.69, 9.17) is 11.5 Å². The van der Waals surface area contributed by atoms with Crippen LogP contribution in [0.1, 0.15) is 24.2 Å². The second-order valence-corrected chi connectivity index (χ2v) is 5.19. The van der Waals surface area contributed by atoms with Crippen molar-refractivity contribution in [3.05, 3.63) is 23.8 Å². The standard InChI is InChI=1S/C12H19N3OS/c1-3-17-7-8(2)15-11-5-4-9(13)6-10(11)12(14)16/h4-6,8,15H,3,7,13H2,1-2H3,(H2,14,16). The van der Waals surface area contributed by atoms with Crippen molar-refractivity contribution in [2.75, 3.05) is 22.6 Å². The second-order valence-electron chi connectivity index (χ2n) is 3.87. The van der Waals surface area contributed by atoms with E-state index in [0.29, 0.717) is 11.3 Å². The average Bonchev–Trinajstić information content (AvgIpc) is 2.28. The SMILES string of the molecule is CCSCC(C)Nc1ccc(N)cc1C(N)=O. The van der Waals surface area contributed by atoms with Gasteiger partial charge in [0.05, 0.1) is 5.56 Å². The molecule has 0 aromatic heterocycles. The van der Waals surface area contributed by atoms with Gasteiger partial charge in [-0.2, -0.15) is 11.8 Å². The number of anilines is 2. The van der Waals surface area contributed by atoms with Crippen LogP contribution in [-0.2, 0) is 0 Å². The number of carbonyl (C=O) groups is 1. The average molecular weight is 253 g/mol. The van der Waals surface area contributed by atoms with Gasteiger partial charge in [0, 0.05) is 23.2 Å². The number of amides is 1. The molecule has 5 N–H and O–H groups in total. The van der Waals surface area contributed by atoms with E-state index in [1.54, 1.807) is 18.2 Å². The van der Waals surface area contributed by atoms with Crippen LogP contribution in [0.25, 0.3) is 0 Å². The first kappa shape index (κ1) is 13.7. The highest BCUT2D eigenvalue weighted by Gasteiger charge is 2.10. The van der Waals surface area contributed by atoms with Crippen LogP contribution in [0.5, 0.6) is 0 Å². The number of primary amides is 1. The highest BCUT2D eigenvalue weighted by atomic mass is 32.2. The number of rotatable bonds is 6. The lowest BCUT2D eigenvalue weighted by molar-refractivity contribution is 0.100. The first-order valence-electron chi connectivity index (χ1n) is 5.58. The topological polar surface area (TPSA) is 81.1 Å². The molecule has 1 aromatic carbocycles. The van der Waals surface area contributed by atoms with Gasteiger partial charge in [0.1, 0.15) is 0 Å². The van der Waals surface area contributed by atoms with Gasteiger partial charge in [-0.25, -0.2) is 0 Å². The number of nitrogens with two attached hydrogens (primary N) is 2. The minimum atomic E-state index is -0.463. The fourth-order valence-corrected chi connectivity index (χ4v) is 2.17. The van der Waals surface area contributed by atoms with Crippen molar-refractivity contribution in [2.24, 2.45) is 5.73 Å². The number of carbonyl (C=O) groups excluding carboxylic acids is 1. The van der Waals surface area contributed by atoms with Crippen LogP contribution in [-0.4, -0.2) is 23.5 Å². The van der Waals surface area contributed by atoms with Crippen molar-refractivity contribution in [3.63, 3.8) is 0 Å². The van der Waals surface area contributed by atoms with Crippen LogP contribution in [0, 0.1) is 0 Å². The molecule has 0 spiro atoms. The molecule has 0 aliphatic heterocycles. The van der Waals surface area contributed by atoms with E-state index in [1.807, 2.05) is 11.8 Å². The molecule has 5 heteroatoms. The Morgan fingerprint density at radius 3 is 2.82 bits per heavy atom. The summed E-state index contributed by atoms with van der Waals surface area (Å²) in [5.74, 6) is 1.60. The third-order valence-corrected chi connectivity index (χ3v) is 3.43. The minimum absolute atomic E-state index is 0.279. The Kier molecular flexibility index (Phi) is 5.15. The van der Waals surface area contributed by atoms with Gasteiger partial charge in [0.25, 0.3) is 5.91 Å². The summed E-state index contributed by atoms with van der Waals surface area (Å²) in [6.07, 6.45) is 0. The van der Waals surface area contributed by atoms with E-state index < -0.39 is 5.91 Å². The third-order valence-electron chi connectivity index (χ3n) is 2.28. The Morgan fingerprint density at radius 1 is 1.53 bits per heavy atom. The van der Waals surface area contributed by atoms with E-state index in [9.17, 15) is 4.79 Å². The lowest BCUT2D eigenvalue weighted by Gasteiger charge is -2.17. The Morgan fingerprint density at radius 2 is 2.24 bits per heavy atom. The van der Waals surface area contributed by atoms with E-state index >= 15 is 0 Å². The summed E-state index contributed by atoms with van der Waals surface area (Å²) >= 11 is 1.85. The lowest BCUT2D eigenvalue weighted by atomic mass is 10.1. The first-order valence-corrected chi connectivity index (χ1v) is 6.73. The molecule has 0 saturated heterocycles. The molecular weight excluding hydrogens is 234 g/mol. The molecule has 17 heavy (non-hydrogen) atoms. The van der Waals surface area contributed by atoms with Gasteiger partial charge in [-0.3, -0.25) is 4.79 Å². The second kappa shape index (κ2) is 6.39. The van der Waals surface area contributed by atoms with Crippen molar-refractivity contribution in [2.45, 2.75) is 19.9 Å². The zero-order valence-electron chi connectivity index (χ0n) is 10.2. The van der Waals surface area contributed by atoms with E-state index in [1.165, 1.54) is 0 Å². The summed E-state index contributed by atoms with van der Waals surface area (Å²) in [6, 6.07) is 5.43. The smallest absolute Gasteiger partial charge is 0.250 e. The van der Waals surface area contributed by atoms with Crippen molar-refractivity contribution in [1.29, 1.82) is 0 Å². The molecular formula is C12H19N3OS. The lowest BCUT2D eigenvalue weighted by Crippen LogP contribution is -2.22. The molecule has 0 fully saturated rings. The van der Waals surface area contributed by atoms with Crippen molar-refractivity contribution < 1.29 is 4.79 Å². The maximum absolute atomic E-state index is 11.3. The monoisotopic (exact) mass is 253 g/mol.